The molecule has 0 fully saturated rings. The van der Waals surface area contributed by atoms with Crippen LogP contribution in [0.1, 0.15) is 46.0 Å². The molecule has 0 unspecified atom stereocenters. The zero-order valence-corrected chi connectivity index (χ0v) is 12.1. The Morgan fingerprint density at radius 1 is 0.583 bits per heavy atom. The van der Waals surface area contributed by atoms with Crippen LogP contribution < -0.4 is 49.6 Å². The minimum absolute atomic E-state index is 0. The molecule has 0 aliphatic rings. The molecule has 0 aromatic carbocycles. The zero-order valence-electron chi connectivity index (χ0n) is 7.55. The molecule has 0 aromatic heterocycles. The van der Waals surface area contributed by atoms with Gasteiger partial charge in [-0.15, -0.1) is 0 Å². The summed E-state index contributed by atoms with van der Waals surface area (Å²) in [7, 11) is 0. The Hall–Kier alpha value is 1.87. The van der Waals surface area contributed by atoms with E-state index in [9.17, 15) is 0 Å². The standard InChI is InChI=1S/C7H16.4ClH.Ti/c1-3-5-7-6-4-2;;;;;/h3-7H2,1-2H3;4*1H;/q;;;;;+2/p-4. The fourth-order valence-corrected chi connectivity index (χ4v) is 0.677. The molecule has 0 aliphatic carbocycles. The topological polar surface area (TPSA) is 0 Å². The predicted octanol–water partition coefficient (Wildman–Crippen LogP) is -9.01. The fourth-order valence-electron chi connectivity index (χ4n) is 0.677. The SMILES string of the molecule is CCCCCCC.[Cl-].[Cl-].[Cl-].[Cl-].[Ti+2]. The molecule has 0 N–H and O–H groups in total. The van der Waals surface area contributed by atoms with E-state index < -0.39 is 0 Å². The average Bonchev–Trinajstić information content (AvgIpc) is 1.69. The minimum Gasteiger partial charge on any atom is -1.00 e. The fraction of sp³-hybridized carbons (Fsp3) is 1.00. The molecule has 0 aromatic rings. The van der Waals surface area contributed by atoms with Gasteiger partial charge in [-0.3, -0.25) is 0 Å². The first-order valence-electron chi connectivity index (χ1n) is 3.41. The maximum Gasteiger partial charge on any atom is 2.00 e. The van der Waals surface area contributed by atoms with E-state index >= 15 is 0 Å². The van der Waals surface area contributed by atoms with Crippen LogP contribution in [0.25, 0.3) is 0 Å². The van der Waals surface area contributed by atoms with Crippen LogP contribution in [0.3, 0.4) is 0 Å². The van der Waals surface area contributed by atoms with E-state index in [4.69, 9.17) is 0 Å². The summed E-state index contributed by atoms with van der Waals surface area (Å²) >= 11 is 0. The van der Waals surface area contributed by atoms with E-state index in [-0.39, 0.29) is 71.3 Å². The Labute approximate surface area is 117 Å². The van der Waals surface area contributed by atoms with Crippen LogP contribution in [0.5, 0.6) is 0 Å². The van der Waals surface area contributed by atoms with E-state index in [0.717, 1.165) is 0 Å². The normalized spacial score (nSPS) is 5.50. The van der Waals surface area contributed by atoms with Crippen molar-refractivity contribution in [3.05, 3.63) is 0 Å². The predicted molar refractivity (Wildman–Crippen MR) is 34.4 cm³/mol. The van der Waals surface area contributed by atoms with Crippen LogP contribution in [0.2, 0.25) is 0 Å². The van der Waals surface area contributed by atoms with Gasteiger partial charge >= 0.3 is 21.7 Å². The molecular weight excluding hydrogens is 274 g/mol. The molecule has 0 atom stereocenters. The molecule has 0 saturated carbocycles. The van der Waals surface area contributed by atoms with Crippen molar-refractivity contribution in [3.63, 3.8) is 0 Å². The van der Waals surface area contributed by atoms with Gasteiger partial charge in [0, 0.05) is 0 Å². The largest absolute Gasteiger partial charge is 2.00 e. The Bertz CT molecular complexity index is 34.6. The molecule has 12 heavy (non-hydrogen) atoms. The van der Waals surface area contributed by atoms with Crippen LogP contribution in [0.4, 0.5) is 0 Å². The summed E-state index contributed by atoms with van der Waals surface area (Å²) < 4.78 is 0. The van der Waals surface area contributed by atoms with Crippen molar-refractivity contribution in [2.24, 2.45) is 0 Å². The van der Waals surface area contributed by atoms with Gasteiger partial charge in [0.15, 0.2) is 0 Å². The smallest absolute Gasteiger partial charge is 1.00 e. The summed E-state index contributed by atoms with van der Waals surface area (Å²) in [4.78, 5) is 0. The Morgan fingerprint density at radius 2 is 0.833 bits per heavy atom. The maximum absolute atomic E-state index is 2.25. The molecule has 0 aliphatic heterocycles. The third-order valence-corrected chi connectivity index (χ3v) is 1.21. The second-order valence-electron chi connectivity index (χ2n) is 2.06. The zero-order chi connectivity index (χ0) is 5.54. The van der Waals surface area contributed by atoms with E-state index in [1.807, 2.05) is 0 Å². The van der Waals surface area contributed by atoms with Gasteiger partial charge in [-0.2, -0.15) is 0 Å². The molecule has 5 heteroatoms. The van der Waals surface area contributed by atoms with E-state index in [1.165, 1.54) is 32.1 Å². The number of halogens is 4. The number of hydrogen-bond acceptors (Lipinski definition) is 0. The third kappa shape index (κ3) is 40.7. The van der Waals surface area contributed by atoms with Gasteiger partial charge in [0.2, 0.25) is 0 Å². The van der Waals surface area contributed by atoms with Crippen molar-refractivity contribution in [2.75, 3.05) is 0 Å². The van der Waals surface area contributed by atoms with Crippen LogP contribution in [0, 0.1) is 0 Å². The molecule has 0 radical (unpaired) electrons. The van der Waals surface area contributed by atoms with Crippen molar-refractivity contribution < 1.29 is 71.3 Å². The Morgan fingerprint density at radius 3 is 1.00 bits per heavy atom. The molecule has 0 amide bonds. The molecule has 78 valence electrons. The minimum atomic E-state index is 0. The summed E-state index contributed by atoms with van der Waals surface area (Å²) in [6.07, 6.45) is 7.01. The van der Waals surface area contributed by atoms with Gasteiger partial charge in [0.1, 0.15) is 0 Å². The van der Waals surface area contributed by atoms with Crippen molar-refractivity contribution in [2.45, 2.75) is 46.0 Å². The number of hydrogen-bond donors (Lipinski definition) is 0. The molecule has 0 spiro atoms. The quantitative estimate of drug-likeness (QED) is 0.356. The van der Waals surface area contributed by atoms with Crippen LogP contribution in [-0.4, -0.2) is 0 Å². The summed E-state index contributed by atoms with van der Waals surface area (Å²) in [6.45, 7) is 4.49. The Balaban J connectivity index is -0.0000000180. The second kappa shape index (κ2) is 38.4. The first-order valence-corrected chi connectivity index (χ1v) is 3.41. The summed E-state index contributed by atoms with van der Waals surface area (Å²) in [5, 5.41) is 0. The van der Waals surface area contributed by atoms with Crippen molar-refractivity contribution in [1.29, 1.82) is 0 Å². The van der Waals surface area contributed by atoms with Crippen LogP contribution >= 0.6 is 0 Å². The summed E-state index contributed by atoms with van der Waals surface area (Å²) in [5.74, 6) is 0. The molecule has 0 saturated heterocycles. The van der Waals surface area contributed by atoms with E-state index in [0.29, 0.717) is 0 Å². The molecule has 0 bridgehead atoms. The molecular formula is C7H16Cl4Ti-2. The van der Waals surface area contributed by atoms with Gasteiger partial charge < -0.3 is 49.6 Å². The molecule has 0 rings (SSSR count). The maximum atomic E-state index is 2.25. The Kier molecular flexibility index (Phi) is 119. The van der Waals surface area contributed by atoms with Crippen molar-refractivity contribution in [3.8, 4) is 0 Å². The summed E-state index contributed by atoms with van der Waals surface area (Å²) in [5.41, 5.74) is 0. The van der Waals surface area contributed by atoms with Crippen LogP contribution in [0.15, 0.2) is 0 Å². The van der Waals surface area contributed by atoms with Gasteiger partial charge in [0.25, 0.3) is 0 Å². The summed E-state index contributed by atoms with van der Waals surface area (Å²) in [6, 6.07) is 0. The number of unbranched alkanes of at least 4 members (excludes halogenated alkanes) is 4. The molecule has 0 heterocycles. The average molecular weight is 290 g/mol. The van der Waals surface area contributed by atoms with Gasteiger partial charge in [-0.05, 0) is 0 Å². The first-order chi connectivity index (χ1) is 3.41. The van der Waals surface area contributed by atoms with Gasteiger partial charge in [0.05, 0.1) is 0 Å². The van der Waals surface area contributed by atoms with Gasteiger partial charge in [-0.1, -0.05) is 46.0 Å². The van der Waals surface area contributed by atoms with E-state index in [1.54, 1.807) is 0 Å². The monoisotopic (exact) mass is 288 g/mol. The third-order valence-electron chi connectivity index (χ3n) is 1.21. The first kappa shape index (κ1) is 37.1. The number of rotatable bonds is 4. The van der Waals surface area contributed by atoms with Crippen molar-refractivity contribution in [1.82, 2.24) is 0 Å². The van der Waals surface area contributed by atoms with Gasteiger partial charge in [-0.25, -0.2) is 0 Å². The second-order valence-corrected chi connectivity index (χ2v) is 2.06. The van der Waals surface area contributed by atoms with Crippen molar-refractivity contribution >= 4 is 0 Å². The molecule has 0 nitrogen and oxygen atoms in total. The van der Waals surface area contributed by atoms with E-state index in [2.05, 4.69) is 13.8 Å². The van der Waals surface area contributed by atoms with Crippen LogP contribution in [-0.2, 0) is 21.7 Å².